The highest BCUT2D eigenvalue weighted by Gasteiger charge is 2.20. The second kappa shape index (κ2) is 11.9. The summed E-state index contributed by atoms with van der Waals surface area (Å²) in [6.45, 7) is 0.190. The summed E-state index contributed by atoms with van der Waals surface area (Å²) in [5.74, 6) is 4.88. The maximum Gasteiger partial charge on any atom is 0.231 e. The summed E-state index contributed by atoms with van der Waals surface area (Å²) in [7, 11) is 4.93. The molecule has 1 aliphatic rings. The highest BCUT2D eigenvalue weighted by Crippen LogP contribution is 2.42. The van der Waals surface area contributed by atoms with Crippen LogP contribution in [0.5, 0.6) is 46.0 Å². The van der Waals surface area contributed by atoms with Crippen LogP contribution in [0.15, 0.2) is 72.8 Å². The fourth-order valence-corrected chi connectivity index (χ4v) is 4.67. The van der Waals surface area contributed by atoms with E-state index in [1.165, 1.54) is 5.56 Å². The molecule has 5 rings (SSSR count). The Morgan fingerprint density at radius 3 is 2.00 bits per heavy atom. The lowest BCUT2D eigenvalue weighted by molar-refractivity contribution is 0.171. The standard InChI is InChI=1S/C32H32O7/c1-34-26-6-4-5-21(12-26)7-8-23-13-27(35-2)19-29(15-23)39-28-14-22(11-25(33)18-28)9-10-24-16-30(36-3)32-31(17-24)37-20-38-32/h4-6,11-19,33H,7-10,20H2,1-3H3. The van der Waals surface area contributed by atoms with Gasteiger partial charge in [-0.15, -0.1) is 0 Å². The van der Waals surface area contributed by atoms with Gasteiger partial charge in [-0.2, -0.15) is 0 Å². The van der Waals surface area contributed by atoms with Crippen LogP contribution in [-0.4, -0.2) is 33.2 Å². The zero-order valence-corrected chi connectivity index (χ0v) is 22.4. The zero-order chi connectivity index (χ0) is 27.2. The van der Waals surface area contributed by atoms with Gasteiger partial charge in [-0.25, -0.2) is 0 Å². The summed E-state index contributed by atoms with van der Waals surface area (Å²) in [6.07, 6.45) is 3.08. The van der Waals surface area contributed by atoms with Crippen molar-refractivity contribution in [3.63, 3.8) is 0 Å². The first-order valence-corrected chi connectivity index (χ1v) is 12.8. The van der Waals surface area contributed by atoms with Gasteiger partial charge >= 0.3 is 0 Å². The predicted octanol–water partition coefficient (Wildman–Crippen LogP) is 6.51. The topological polar surface area (TPSA) is 75.6 Å². The van der Waals surface area contributed by atoms with Crippen LogP contribution in [0.25, 0.3) is 0 Å². The van der Waals surface area contributed by atoms with Gasteiger partial charge < -0.3 is 33.5 Å². The van der Waals surface area contributed by atoms with Gasteiger partial charge in [0.15, 0.2) is 11.5 Å². The second-order valence-electron chi connectivity index (χ2n) is 9.34. The van der Waals surface area contributed by atoms with Gasteiger partial charge in [-0.05, 0) is 96.5 Å². The van der Waals surface area contributed by atoms with Crippen LogP contribution in [0.3, 0.4) is 0 Å². The SMILES string of the molecule is COc1cccc(CCc2cc(OC)cc(Oc3cc(O)cc(CCc4cc(OC)c5c(c4)OCO5)c3)c2)c1. The Morgan fingerprint density at radius 1 is 0.615 bits per heavy atom. The predicted molar refractivity (Wildman–Crippen MR) is 148 cm³/mol. The summed E-state index contributed by atoms with van der Waals surface area (Å²) in [4.78, 5) is 0. The van der Waals surface area contributed by atoms with Crippen LogP contribution in [0.1, 0.15) is 22.3 Å². The fourth-order valence-electron chi connectivity index (χ4n) is 4.67. The minimum atomic E-state index is 0.145. The first-order chi connectivity index (χ1) is 19.0. The molecular formula is C32H32O7. The first kappa shape index (κ1) is 26.1. The van der Waals surface area contributed by atoms with Gasteiger partial charge in [-0.3, -0.25) is 0 Å². The lowest BCUT2D eigenvalue weighted by Crippen LogP contribution is -1.96. The van der Waals surface area contributed by atoms with E-state index in [0.29, 0.717) is 40.9 Å². The van der Waals surface area contributed by atoms with Crippen molar-refractivity contribution in [3.8, 4) is 46.0 Å². The number of rotatable bonds is 11. The maximum atomic E-state index is 10.4. The van der Waals surface area contributed by atoms with Crippen molar-refractivity contribution in [2.45, 2.75) is 25.7 Å². The van der Waals surface area contributed by atoms with E-state index in [1.54, 1.807) is 33.5 Å². The Morgan fingerprint density at radius 2 is 1.26 bits per heavy atom. The number of ether oxygens (including phenoxy) is 6. The summed E-state index contributed by atoms with van der Waals surface area (Å²) in [6, 6.07) is 23.2. The van der Waals surface area contributed by atoms with E-state index in [0.717, 1.165) is 41.7 Å². The molecule has 1 heterocycles. The van der Waals surface area contributed by atoms with Crippen molar-refractivity contribution in [1.29, 1.82) is 0 Å². The Balaban J connectivity index is 1.29. The highest BCUT2D eigenvalue weighted by atomic mass is 16.7. The lowest BCUT2D eigenvalue weighted by Gasteiger charge is -2.13. The smallest absolute Gasteiger partial charge is 0.231 e. The maximum absolute atomic E-state index is 10.4. The van der Waals surface area contributed by atoms with E-state index in [2.05, 4.69) is 6.07 Å². The molecule has 202 valence electrons. The van der Waals surface area contributed by atoms with Crippen LogP contribution in [0, 0.1) is 0 Å². The van der Waals surface area contributed by atoms with Gasteiger partial charge in [0.25, 0.3) is 0 Å². The molecule has 7 heteroatoms. The third-order valence-corrected chi connectivity index (χ3v) is 6.62. The van der Waals surface area contributed by atoms with Gasteiger partial charge in [0.05, 0.1) is 21.3 Å². The monoisotopic (exact) mass is 528 g/mol. The molecular weight excluding hydrogens is 496 g/mol. The van der Waals surface area contributed by atoms with Crippen LogP contribution in [-0.2, 0) is 25.7 Å². The van der Waals surface area contributed by atoms with Gasteiger partial charge in [-0.1, -0.05) is 12.1 Å². The third-order valence-electron chi connectivity index (χ3n) is 6.62. The number of phenolic OH excluding ortho intramolecular Hbond substituents is 1. The summed E-state index contributed by atoms with van der Waals surface area (Å²) >= 11 is 0. The van der Waals surface area contributed by atoms with Crippen molar-refractivity contribution in [1.82, 2.24) is 0 Å². The molecule has 0 radical (unpaired) electrons. The number of phenols is 1. The molecule has 0 unspecified atom stereocenters. The van der Waals surface area contributed by atoms with Gasteiger partial charge in [0.1, 0.15) is 28.7 Å². The van der Waals surface area contributed by atoms with Crippen LogP contribution < -0.4 is 28.4 Å². The first-order valence-electron chi connectivity index (χ1n) is 12.8. The molecule has 1 aliphatic heterocycles. The van der Waals surface area contributed by atoms with Crippen LogP contribution in [0.4, 0.5) is 0 Å². The number of hydrogen-bond donors (Lipinski definition) is 1. The molecule has 0 aromatic heterocycles. The second-order valence-corrected chi connectivity index (χ2v) is 9.34. The highest BCUT2D eigenvalue weighted by molar-refractivity contribution is 5.55. The Bertz CT molecular complexity index is 1450. The molecule has 1 N–H and O–H groups in total. The number of aromatic hydroxyl groups is 1. The van der Waals surface area contributed by atoms with Crippen molar-refractivity contribution in [2.75, 3.05) is 28.1 Å². The Labute approximate surface area is 228 Å². The zero-order valence-electron chi connectivity index (χ0n) is 22.4. The molecule has 0 amide bonds. The normalized spacial score (nSPS) is 11.8. The summed E-state index contributed by atoms with van der Waals surface area (Å²) in [5.41, 5.74) is 4.28. The molecule has 0 saturated carbocycles. The molecule has 0 saturated heterocycles. The molecule has 4 aromatic carbocycles. The Hall–Kier alpha value is -4.52. The number of fused-ring (bicyclic) bond motifs is 1. The number of benzene rings is 4. The number of aryl methyl sites for hydroxylation is 4. The van der Waals surface area contributed by atoms with Crippen molar-refractivity contribution in [2.24, 2.45) is 0 Å². The molecule has 0 fully saturated rings. The number of methoxy groups -OCH3 is 3. The van der Waals surface area contributed by atoms with E-state index in [1.807, 2.05) is 54.6 Å². The lowest BCUT2D eigenvalue weighted by atomic mass is 10.0. The van der Waals surface area contributed by atoms with Crippen molar-refractivity contribution in [3.05, 3.63) is 95.1 Å². The quantitative estimate of drug-likeness (QED) is 0.238. The molecule has 0 aliphatic carbocycles. The number of hydrogen-bond acceptors (Lipinski definition) is 7. The largest absolute Gasteiger partial charge is 0.508 e. The minimum absolute atomic E-state index is 0.145. The third kappa shape index (κ3) is 6.49. The van der Waals surface area contributed by atoms with Crippen LogP contribution in [0.2, 0.25) is 0 Å². The van der Waals surface area contributed by atoms with Gasteiger partial charge in [0.2, 0.25) is 12.5 Å². The van der Waals surface area contributed by atoms with Crippen molar-refractivity contribution >= 4 is 0 Å². The molecule has 4 aromatic rings. The minimum Gasteiger partial charge on any atom is -0.508 e. The van der Waals surface area contributed by atoms with Crippen molar-refractivity contribution < 1.29 is 33.5 Å². The molecule has 39 heavy (non-hydrogen) atoms. The molecule has 7 nitrogen and oxygen atoms in total. The summed E-state index contributed by atoms with van der Waals surface area (Å²) in [5, 5.41) is 10.4. The Kier molecular flexibility index (Phi) is 7.96. The molecule has 0 atom stereocenters. The van der Waals surface area contributed by atoms with E-state index in [4.69, 9.17) is 28.4 Å². The summed E-state index contributed by atoms with van der Waals surface area (Å²) < 4.78 is 33.6. The fraction of sp³-hybridized carbons (Fsp3) is 0.250. The average Bonchev–Trinajstić information content (AvgIpc) is 3.43. The average molecular weight is 529 g/mol. The van der Waals surface area contributed by atoms with Crippen LogP contribution >= 0.6 is 0 Å². The van der Waals surface area contributed by atoms with E-state index >= 15 is 0 Å². The molecule has 0 bridgehead atoms. The molecule has 0 spiro atoms. The van der Waals surface area contributed by atoms with E-state index in [-0.39, 0.29) is 12.5 Å². The van der Waals surface area contributed by atoms with E-state index in [9.17, 15) is 5.11 Å². The van der Waals surface area contributed by atoms with Gasteiger partial charge in [0, 0.05) is 12.1 Å². The van der Waals surface area contributed by atoms with E-state index < -0.39 is 0 Å².